The Morgan fingerprint density at radius 1 is 1.53 bits per heavy atom. The third-order valence-electron chi connectivity index (χ3n) is 3.06. The van der Waals surface area contributed by atoms with Crippen molar-refractivity contribution in [1.29, 1.82) is 0 Å². The fraction of sp³-hybridized carbons (Fsp3) is 0.727. The summed E-state index contributed by atoms with van der Waals surface area (Å²) < 4.78 is 2.06. The van der Waals surface area contributed by atoms with Gasteiger partial charge in [0.2, 0.25) is 0 Å². The van der Waals surface area contributed by atoms with Crippen molar-refractivity contribution < 1.29 is 5.11 Å². The van der Waals surface area contributed by atoms with E-state index >= 15 is 0 Å². The molecule has 1 heterocycles. The fourth-order valence-corrected chi connectivity index (χ4v) is 2.10. The first kappa shape index (κ1) is 10.6. The molecule has 3 N–H and O–H groups in total. The third kappa shape index (κ3) is 2.21. The zero-order chi connectivity index (χ0) is 10.9. The van der Waals surface area contributed by atoms with Gasteiger partial charge in [-0.05, 0) is 32.6 Å². The van der Waals surface area contributed by atoms with Crippen molar-refractivity contribution in [2.45, 2.75) is 44.8 Å². The Labute approximate surface area is 90.1 Å². The van der Waals surface area contributed by atoms with E-state index < -0.39 is 5.60 Å². The van der Waals surface area contributed by atoms with Crippen LogP contribution in [0.15, 0.2) is 6.33 Å². The quantitative estimate of drug-likeness (QED) is 0.760. The van der Waals surface area contributed by atoms with Gasteiger partial charge in [0.15, 0.2) is 0 Å². The molecule has 0 saturated heterocycles. The maximum atomic E-state index is 9.92. The zero-order valence-electron chi connectivity index (χ0n) is 9.24. The Balaban J connectivity index is 2.19. The van der Waals surface area contributed by atoms with Gasteiger partial charge in [-0.2, -0.15) is 0 Å². The molecule has 1 aliphatic rings. The highest BCUT2D eigenvalue weighted by atomic mass is 16.3. The van der Waals surface area contributed by atoms with E-state index in [1.165, 1.54) is 24.2 Å². The van der Waals surface area contributed by atoms with Gasteiger partial charge in [0.05, 0.1) is 24.2 Å². The van der Waals surface area contributed by atoms with Crippen molar-refractivity contribution in [2.24, 2.45) is 5.73 Å². The number of aromatic nitrogens is 2. The number of nitrogens with zero attached hydrogens (tertiary/aromatic N) is 2. The van der Waals surface area contributed by atoms with E-state index in [9.17, 15) is 5.11 Å². The maximum Gasteiger partial charge on any atom is 0.0952 e. The summed E-state index contributed by atoms with van der Waals surface area (Å²) in [5, 5.41) is 9.92. The second kappa shape index (κ2) is 3.94. The summed E-state index contributed by atoms with van der Waals surface area (Å²) in [6, 6.07) is 0. The molecule has 0 spiro atoms. The van der Waals surface area contributed by atoms with Crippen LogP contribution >= 0.6 is 0 Å². The van der Waals surface area contributed by atoms with Gasteiger partial charge in [0.1, 0.15) is 0 Å². The lowest BCUT2D eigenvalue weighted by atomic mass is 10.0. The summed E-state index contributed by atoms with van der Waals surface area (Å²) in [6.07, 6.45) is 6.45. The Kier molecular flexibility index (Phi) is 2.80. The van der Waals surface area contributed by atoms with Gasteiger partial charge in [-0.15, -0.1) is 0 Å². The topological polar surface area (TPSA) is 64.1 Å². The van der Waals surface area contributed by atoms with E-state index in [1.54, 1.807) is 6.92 Å². The average molecular weight is 209 g/mol. The molecule has 1 unspecified atom stereocenters. The summed E-state index contributed by atoms with van der Waals surface area (Å²) in [6.45, 7) is 2.59. The molecule has 0 saturated carbocycles. The molecule has 0 fully saturated rings. The summed E-state index contributed by atoms with van der Waals surface area (Å²) in [5.41, 5.74) is 7.18. The van der Waals surface area contributed by atoms with Gasteiger partial charge >= 0.3 is 0 Å². The molecule has 0 amide bonds. The number of hydrogen-bond donors (Lipinski definition) is 2. The van der Waals surface area contributed by atoms with E-state index in [1.807, 2.05) is 6.33 Å². The van der Waals surface area contributed by atoms with Gasteiger partial charge < -0.3 is 15.4 Å². The summed E-state index contributed by atoms with van der Waals surface area (Å²) >= 11 is 0. The minimum Gasteiger partial charge on any atom is -0.387 e. The van der Waals surface area contributed by atoms with Crippen LogP contribution in [0.1, 0.15) is 31.2 Å². The van der Waals surface area contributed by atoms with E-state index in [0.717, 1.165) is 12.8 Å². The van der Waals surface area contributed by atoms with Gasteiger partial charge in [0, 0.05) is 12.2 Å². The van der Waals surface area contributed by atoms with Crippen LogP contribution in [0, 0.1) is 0 Å². The highest BCUT2D eigenvalue weighted by molar-refractivity contribution is 5.16. The molecule has 0 radical (unpaired) electrons. The second-order valence-electron chi connectivity index (χ2n) is 4.67. The van der Waals surface area contributed by atoms with Crippen LogP contribution in [0.2, 0.25) is 0 Å². The number of imidazole rings is 1. The minimum absolute atomic E-state index is 0.278. The number of fused-ring (bicyclic) bond motifs is 1. The third-order valence-corrected chi connectivity index (χ3v) is 3.06. The van der Waals surface area contributed by atoms with E-state index in [0.29, 0.717) is 6.54 Å². The van der Waals surface area contributed by atoms with Crippen molar-refractivity contribution in [3.63, 3.8) is 0 Å². The molecule has 1 atom stereocenters. The average Bonchev–Trinajstić information content (AvgIpc) is 2.62. The first-order chi connectivity index (χ1) is 7.12. The number of aryl methyl sites for hydroxylation is 1. The molecule has 84 valence electrons. The van der Waals surface area contributed by atoms with Crippen LogP contribution in [0.25, 0.3) is 0 Å². The van der Waals surface area contributed by atoms with Crippen LogP contribution in [0.5, 0.6) is 0 Å². The molecule has 1 aromatic heterocycles. The summed E-state index contributed by atoms with van der Waals surface area (Å²) in [5.74, 6) is 0. The smallest absolute Gasteiger partial charge is 0.0952 e. The van der Waals surface area contributed by atoms with Crippen molar-refractivity contribution in [3.05, 3.63) is 17.7 Å². The predicted molar refractivity (Wildman–Crippen MR) is 58.5 cm³/mol. The van der Waals surface area contributed by atoms with E-state index in [-0.39, 0.29) is 6.54 Å². The molecule has 15 heavy (non-hydrogen) atoms. The van der Waals surface area contributed by atoms with Gasteiger partial charge in [-0.1, -0.05) is 0 Å². The number of aliphatic hydroxyl groups is 1. The van der Waals surface area contributed by atoms with Crippen molar-refractivity contribution >= 4 is 0 Å². The largest absolute Gasteiger partial charge is 0.387 e. The molecular weight excluding hydrogens is 190 g/mol. The number of rotatable bonds is 3. The fourth-order valence-electron chi connectivity index (χ4n) is 2.10. The van der Waals surface area contributed by atoms with Crippen LogP contribution < -0.4 is 5.73 Å². The van der Waals surface area contributed by atoms with E-state index in [4.69, 9.17) is 5.73 Å². The lowest BCUT2D eigenvalue weighted by Crippen LogP contribution is -2.39. The van der Waals surface area contributed by atoms with Crippen LogP contribution in [0.4, 0.5) is 0 Å². The maximum absolute atomic E-state index is 9.92. The zero-order valence-corrected chi connectivity index (χ0v) is 9.24. The molecule has 0 aliphatic heterocycles. The Morgan fingerprint density at radius 2 is 2.27 bits per heavy atom. The van der Waals surface area contributed by atoms with E-state index in [2.05, 4.69) is 9.55 Å². The van der Waals surface area contributed by atoms with Crippen LogP contribution in [0.3, 0.4) is 0 Å². The second-order valence-corrected chi connectivity index (χ2v) is 4.67. The lowest BCUT2D eigenvalue weighted by Gasteiger charge is -2.23. The summed E-state index contributed by atoms with van der Waals surface area (Å²) in [7, 11) is 0. The monoisotopic (exact) mass is 209 g/mol. The first-order valence-corrected chi connectivity index (χ1v) is 5.58. The molecule has 0 bridgehead atoms. The van der Waals surface area contributed by atoms with Crippen LogP contribution in [-0.4, -0.2) is 26.8 Å². The van der Waals surface area contributed by atoms with Crippen molar-refractivity contribution in [2.75, 3.05) is 6.54 Å². The van der Waals surface area contributed by atoms with Gasteiger partial charge in [-0.3, -0.25) is 0 Å². The first-order valence-electron chi connectivity index (χ1n) is 5.58. The Hall–Kier alpha value is -0.870. The highest BCUT2D eigenvalue weighted by Gasteiger charge is 2.22. The lowest BCUT2D eigenvalue weighted by molar-refractivity contribution is 0.0498. The number of hydrogen-bond acceptors (Lipinski definition) is 3. The summed E-state index contributed by atoms with van der Waals surface area (Å²) in [4.78, 5) is 4.39. The highest BCUT2D eigenvalue weighted by Crippen LogP contribution is 2.21. The Morgan fingerprint density at radius 3 is 3.00 bits per heavy atom. The normalized spacial score (nSPS) is 19.7. The molecular formula is C11H19N3O. The standard InChI is InChI=1S/C11H19N3O/c1-11(15,6-12)7-14-8-13-9-4-2-3-5-10(9)14/h8,15H,2-7,12H2,1H3. The molecule has 1 aromatic rings. The van der Waals surface area contributed by atoms with Gasteiger partial charge in [0.25, 0.3) is 0 Å². The molecule has 0 aromatic carbocycles. The van der Waals surface area contributed by atoms with Crippen LogP contribution in [-0.2, 0) is 19.4 Å². The molecule has 4 nitrogen and oxygen atoms in total. The molecule has 2 rings (SSSR count). The van der Waals surface area contributed by atoms with Crippen molar-refractivity contribution in [3.8, 4) is 0 Å². The number of nitrogens with two attached hydrogens (primary N) is 1. The minimum atomic E-state index is -0.827. The van der Waals surface area contributed by atoms with Crippen molar-refractivity contribution in [1.82, 2.24) is 9.55 Å². The van der Waals surface area contributed by atoms with Gasteiger partial charge in [-0.25, -0.2) is 4.98 Å². The SMILES string of the molecule is CC(O)(CN)Cn1cnc2c1CCCC2. The Bertz CT molecular complexity index is 344. The molecule has 4 heteroatoms. The predicted octanol–water partition coefficient (Wildman–Crippen LogP) is 0.472. The molecule has 1 aliphatic carbocycles.